The van der Waals surface area contributed by atoms with Crippen LogP contribution in [-0.4, -0.2) is 42.2 Å². The summed E-state index contributed by atoms with van der Waals surface area (Å²) in [5, 5.41) is 28.0. The van der Waals surface area contributed by atoms with Gasteiger partial charge in [-0.25, -0.2) is 22.3 Å². The fraction of sp³-hybridized carbons (Fsp3) is 0.222. The van der Waals surface area contributed by atoms with Crippen LogP contribution < -0.4 is 4.72 Å². The molecule has 1 rings (SSSR count). The number of sulfonamides is 1. The lowest BCUT2D eigenvalue weighted by molar-refractivity contribution is -0.388. The standard InChI is InChI=1S/C9H9FN2O7S/c10-5-1-2-8(6(3-5)12(16)17)20(18,19)11-4-7(13)9(14)15/h1-3,7,11,13H,4H2,(H,14,15)/t7-/m0/s1. The van der Waals surface area contributed by atoms with Crippen LogP contribution in [0.15, 0.2) is 23.1 Å². The highest BCUT2D eigenvalue weighted by Gasteiger charge is 2.27. The van der Waals surface area contributed by atoms with E-state index in [1.807, 2.05) is 0 Å². The zero-order valence-electron chi connectivity index (χ0n) is 9.69. The maximum Gasteiger partial charge on any atom is 0.333 e. The zero-order chi connectivity index (χ0) is 15.5. The van der Waals surface area contributed by atoms with Crippen LogP contribution in [0.5, 0.6) is 0 Å². The first-order chi connectivity index (χ1) is 9.15. The second kappa shape index (κ2) is 5.90. The summed E-state index contributed by atoms with van der Waals surface area (Å²) in [5.74, 6) is -2.66. The molecule has 0 unspecified atom stereocenters. The summed E-state index contributed by atoms with van der Waals surface area (Å²) in [6.07, 6.45) is -2.01. The summed E-state index contributed by atoms with van der Waals surface area (Å²) in [7, 11) is -4.46. The van der Waals surface area contributed by atoms with Crippen molar-refractivity contribution in [3.8, 4) is 0 Å². The Kier molecular flexibility index (Phi) is 4.70. The van der Waals surface area contributed by atoms with Crippen molar-refractivity contribution in [2.24, 2.45) is 0 Å². The van der Waals surface area contributed by atoms with Crippen molar-refractivity contribution in [2.45, 2.75) is 11.0 Å². The average molecular weight is 308 g/mol. The van der Waals surface area contributed by atoms with Gasteiger partial charge in [0, 0.05) is 6.54 Å². The molecule has 0 aliphatic rings. The van der Waals surface area contributed by atoms with Crippen molar-refractivity contribution in [2.75, 3.05) is 6.54 Å². The van der Waals surface area contributed by atoms with E-state index in [4.69, 9.17) is 10.2 Å². The van der Waals surface area contributed by atoms with Gasteiger partial charge in [-0.2, -0.15) is 0 Å². The molecule has 0 bridgehead atoms. The van der Waals surface area contributed by atoms with E-state index in [9.17, 15) is 27.7 Å². The SMILES string of the molecule is O=C(O)[C@@H](O)CNS(=O)(=O)c1ccc(F)cc1[N+](=O)[O-]. The van der Waals surface area contributed by atoms with Crippen LogP contribution >= 0.6 is 0 Å². The van der Waals surface area contributed by atoms with Gasteiger partial charge < -0.3 is 10.2 Å². The Morgan fingerprint density at radius 1 is 1.50 bits per heavy atom. The van der Waals surface area contributed by atoms with Crippen LogP contribution in [0.2, 0.25) is 0 Å². The molecule has 0 heterocycles. The number of aliphatic hydroxyl groups excluding tert-OH is 1. The highest BCUT2D eigenvalue weighted by atomic mass is 32.2. The summed E-state index contributed by atoms with van der Waals surface area (Å²) in [6.45, 7) is -0.883. The average Bonchev–Trinajstić information content (AvgIpc) is 2.35. The molecule has 0 saturated heterocycles. The number of carbonyl (C=O) groups is 1. The van der Waals surface area contributed by atoms with Crippen molar-refractivity contribution in [1.82, 2.24) is 4.72 Å². The number of aliphatic carboxylic acids is 1. The maximum absolute atomic E-state index is 12.9. The van der Waals surface area contributed by atoms with Crippen molar-refractivity contribution in [3.63, 3.8) is 0 Å². The van der Waals surface area contributed by atoms with Crippen molar-refractivity contribution < 1.29 is 32.7 Å². The van der Waals surface area contributed by atoms with E-state index in [2.05, 4.69) is 0 Å². The first-order valence-electron chi connectivity index (χ1n) is 4.99. The van der Waals surface area contributed by atoms with E-state index in [-0.39, 0.29) is 0 Å². The van der Waals surface area contributed by atoms with Crippen LogP contribution in [0.3, 0.4) is 0 Å². The summed E-state index contributed by atoms with van der Waals surface area (Å²) < 4.78 is 38.1. The van der Waals surface area contributed by atoms with Crippen LogP contribution in [0.1, 0.15) is 0 Å². The highest BCUT2D eigenvalue weighted by Crippen LogP contribution is 2.24. The molecule has 0 amide bonds. The summed E-state index contributed by atoms with van der Waals surface area (Å²) >= 11 is 0. The van der Waals surface area contributed by atoms with Crippen molar-refractivity contribution in [1.29, 1.82) is 0 Å². The molecule has 1 atom stereocenters. The lowest BCUT2D eigenvalue weighted by Crippen LogP contribution is -2.36. The van der Waals surface area contributed by atoms with E-state index in [0.29, 0.717) is 18.2 Å². The number of hydrogen-bond acceptors (Lipinski definition) is 6. The lowest BCUT2D eigenvalue weighted by Gasteiger charge is -2.09. The first-order valence-corrected chi connectivity index (χ1v) is 6.48. The predicted octanol–water partition coefficient (Wildman–Crippen LogP) is -0.542. The number of nitrogens with one attached hydrogen (secondary N) is 1. The molecule has 0 fully saturated rings. The fourth-order valence-electron chi connectivity index (χ4n) is 1.21. The fourth-order valence-corrected chi connectivity index (χ4v) is 2.40. The molecule has 11 heteroatoms. The van der Waals surface area contributed by atoms with E-state index >= 15 is 0 Å². The van der Waals surface area contributed by atoms with Gasteiger partial charge in [0.2, 0.25) is 10.0 Å². The number of nitro benzene ring substituents is 1. The molecule has 0 saturated carbocycles. The molecule has 0 aromatic heterocycles. The number of carboxylic acids is 1. The molecule has 3 N–H and O–H groups in total. The Bertz CT molecular complexity index is 646. The Morgan fingerprint density at radius 2 is 2.10 bits per heavy atom. The molecule has 0 aliphatic carbocycles. The Labute approximate surface area is 111 Å². The van der Waals surface area contributed by atoms with Gasteiger partial charge in [-0.1, -0.05) is 0 Å². The Hall–Kier alpha value is -2.11. The minimum atomic E-state index is -4.46. The summed E-state index contributed by atoms with van der Waals surface area (Å²) in [5.41, 5.74) is -0.998. The predicted molar refractivity (Wildman–Crippen MR) is 61.9 cm³/mol. The van der Waals surface area contributed by atoms with E-state index in [1.54, 1.807) is 4.72 Å². The number of nitro groups is 1. The van der Waals surface area contributed by atoms with Gasteiger partial charge in [0.05, 0.1) is 11.0 Å². The largest absolute Gasteiger partial charge is 0.479 e. The molecule has 0 aliphatic heterocycles. The van der Waals surface area contributed by atoms with E-state index in [1.165, 1.54) is 0 Å². The minimum absolute atomic E-state index is 0.419. The van der Waals surface area contributed by atoms with Crippen LogP contribution in [-0.2, 0) is 14.8 Å². The van der Waals surface area contributed by atoms with Gasteiger partial charge in [-0.05, 0) is 12.1 Å². The van der Waals surface area contributed by atoms with Crippen molar-refractivity contribution >= 4 is 21.7 Å². The monoisotopic (exact) mass is 308 g/mol. The summed E-state index contributed by atoms with van der Waals surface area (Å²) in [6, 6.07) is 1.79. The highest BCUT2D eigenvalue weighted by molar-refractivity contribution is 7.89. The van der Waals surface area contributed by atoms with Crippen LogP contribution in [0.4, 0.5) is 10.1 Å². The number of benzene rings is 1. The molecule has 9 nitrogen and oxygen atoms in total. The molecular formula is C9H9FN2O7S. The second-order valence-electron chi connectivity index (χ2n) is 3.58. The Balaban J connectivity index is 3.10. The molecule has 1 aromatic carbocycles. The Morgan fingerprint density at radius 3 is 2.60 bits per heavy atom. The summed E-state index contributed by atoms with van der Waals surface area (Å²) in [4.78, 5) is 19.1. The number of carboxylic acid groups (broad SMARTS) is 1. The molecule has 0 spiro atoms. The zero-order valence-corrected chi connectivity index (χ0v) is 10.5. The third-order valence-corrected chi connectivity index (χ3v) is 3.63. The number of rotatable bonds is 6. The van der Waals surface area contributed by atoms with Crippen LogP contribution in [0, 0.1) is 15.9 Å². The number of aliphatic hydroxyl groups is 1. The topological polar surface area (TPSA) is 147 Å². The maximum atomic E-state index is 12.9. The third-order valence-electron chi connectivity index (χ3n) is 2.16. The number of hydrogen-bond donors (Lipinski definition) is 3. The molecule has 20 heavy (non-hydrogen) atoms. The van der Waals surface area contributed by atoms with Gasteiger partial charge in [0.25, 0.3) is 5.69 Å². The van der Waals surface area contributed by atoms with Gasteiger partial charge in [0.1, 0.15) is 5.82 Å². The quantitative estimate of drug-likeness (QED) is 0.472. The van der Waals surface area contributed by atoms with Gasteiger partial charge >= 0.3 is 5.97 Å². The van der Waals surface area contributed by atoms with E-state index in [0.717, 1.165) is 0 Å². The third kappa shape index (κ3) is 3.69. The molecular weight excluding hydrogens is 299 g/mol. The molecule has 0 radical (unpaired) electrons. The lowest BCUT2D eigenvalue weighted by atomic mass is 10.3. The minimum Gasteiger partial charge on any atom is -0.479 e. The second-order valence-corrected chi connectivity index (χ2v) is 5.31. The van der Waals surface area contributed by atoms with Crippen LogP contribution in [0.25, 0.3) is 0 Å². The molecule has 110 valence electrons. The first kappa shape index (κ1) is 15.9. The number of nitrogens with zero attached hydrogens (tertiary/aromatic N) is 1. The van der Waals surface area contributed by atoms with Gasteiger partial charge in [-0.15, -0.1) is 0 Å². The van der Waals surface area contributed by atoms with Gasteiger partial charge in [0.15, 0.2) is 11.0 Å². The normalized spacial score (nSPS) is 12.9. The van der Waals surface area contributed by atoms with E-state index < -0.39 is 50.0 Å². The molecule has 1 aromatic rings. The van der Waals surface area contributed by atoms with Crippen molar-refractivity contribution in [3.05, 3.63) is 34.1 Å². The number of halogens is 1. The smallest absolute Gasteiger partial charge is 0.333 e. The van der Waals surface area contributed by atoms with Gasteiger partial charge in [-0.3, -0.25) is 10.1 Å².